The number of hydrogen-bond donors (Lipinski definition) is 2. The van der Waals surface area contributed by atoms with Gasteiger partial charge in [0.1, 0.15) is 0 Å². The first-order valence-corrected chi connectivity index (χ1v) is 13.4. The summed E-state index contributed by atoms with van der Waals surface area (Å²) in [5, 5.41) is 1.75. The lowest BCUT2D eigenvalue weighted by Crippen LogP contribution is -2.14. The molecule has 0 atom stereocenters. The minimum absolute atomic E-state index is 0.00849. The van der Waals surface area contributed by atoms with E-state index < -0.39 is 19.1 Å². The third-order valence-corrected chi connectivity index (χ3v) is 6.99. The molecule has 6 nitrogen and oxygen atoms in total. The number of anilines is 2. The number of nitrogen functional groups attached to an aromatic ring is 1. The molecule has 0 amide bonds. The number of nitrogens with two attached hydrogens (primary N) is 1. The molecule has 29 heavy (non-hydrogen) atoms. The van der Waals surface area contributed by atoms with E-state index in [1.165, 1.54) is 19.1 Å². The maximum absolute atomic E-state index is 11.2. The summed E-state index contributed by atoms with van der Waals surface area (Å²) >= 11 is 22.6. The minimum Gasteiger partial charge on any atom is -0.399 e. The van der Waals surface area contributed by atoms with E-state index in [0.29, 0.717) is 31.5 Å². The molecular formula is C16H19Cl5N2O4S2. The molecular weight excluding hydrogens is 526 g/mol. The molecule has 0 heterocycles. The fraction of sp³-hybridized carbons (Fsp3) is 0.250. The van der Waals surface area contributed by atoms with E-state index in [0.717, 1.165) is 0 Å². The van der Waals surface area contributed by atoms with E-state index in [1.807, 2.05) is 0 Å². The quantitative estimate of drug-likeness (QED) is 0.368. The predicted octanol–water partition coefficient (Wildman–Crippen LogP) is 5.91. The monoisotopic (exact) mass is 542 g/mol. The summed E-state index contributed by atoms with van der Waals surface area (Å²) in [5.41, 5.74) is 6.43. The van der Waals surface area contributed by atoms with Gasteiger partial charge in [-0.3, -0.25) is 4.72 Å². The summed E-state index contributed by atoms with van der Waals surface area (Å²) in [5.74, 6) is 0.0296. The standard InChI is InChI=1S/C8H9Cl2NO2S.C6H5Cl2N.C2H5ClO2S/c1-2-14(12,13)11-6-3-4-7(9)8(10)5-6;7-5-2-1-4(9)3-6(5)8;1-2-6(3,4)5/h3-5,11H,2H2,1H3;1-3H,9H2;2H2,1H3. The van der Waals surface area contributed by atoms with Crippen molar-refractivity contribution in [1.82, 2.24) is 0 Å². The lowest BCUT2D eigenvalue weighted by atomic mass is 10.3. The third kappa shape index (κ3) is 13.3. The Bertz CT molecular complexity index is 1020. The Balaban J connectivity index is 0.000000448. The molecule has 0 spiro atoms. The average Bonchev–Trinajstić information content (AvgIpc) is 2.62. The summed E-state index contributed by atoms with van der Waals surface area (Å²) in [6.07, 6.45) is 0. The van der Waals surface area contributed by atoms with Gasteiger partial charge >= 0.3 is 0 Å². The summed E-state index contributed by atoms with van der Waals surface area (Å²) in [7, 11) is -1.75. The van der Waals surface area contributed by atoms with Crippen molar-refractivity contribution in [3.63, 3.8) is 0 Å². The second kappa shape index (κ2) is 12.9. The van der Waals surface area contributed by atoms with Crippen LogP contribution in [0.2, 0.25) is 20.1 Å². The zero-order valence-electron chi connectivity index (χ0n) is 15.3. The predicted molar refractivity (Wildman–Crippen MR) is 126 cm³/mol. The molecule has 0 aromatic heterocycles. The van der Waals surface area contributed by atoms with Crippen molar-refractivity contribution in [2.24, 2.45) is 0 Å². The van der Waals surface area contributed by atoms with Gasteiger partial charge in [0.15, 0.2) is 0 Å². The van der Waals surface area contributed by atoms with Crippen LogP contribution in [0.25, 0.3) is 0 Å². The van der Waals surface area contributed by atoms with Gasteiger partial charge in [-0.15, -0.1) is 0 Å². The molecule has 2 rings (SSSR count). The van der Waals surface area contributed by atoms with Crippen molar-refractivity contribution in [2.75, 3.05) is 22.0 Å². The lowest BCUT2D eigenvalue weighted by Gasteiger charge is -2.06. The first-order chi connectivity index (χ1) is 13.2. The van der Waals surface area contributed by atoms with Crippen molar-refractivity contribution < 1.29 is 16.8 Å². The molecule has 0 aliphatic rings. The molecule has 0 aliphatic carbocycles. The average molecular weight is 545 g/mol. The highest BCUT2D eigenvalue weighted by molar-refractivity contribution is 8.13. The van der Waals surface area contributed by atoms with E-state index in [-0.39, 0.29) is 11.5 Å². The molecule has 0 unspecified atom stereocenters. The molecule has 2 aromatic carbocycles. The van der Waals surface area contributed by atoms with Crippen LogP contribution in [0.4, 0.5) is 11.4 Å². The molecule has 2 aromatic rings. The molecule has 13 heteroatoms. The van der Waals surface area contributed by atoms with Crippen molar-refractivity contribution >= 4 is 87.5 Å². The highest BCUT2D eigenvalue weighted by Gasteiger charge is 2.07. The number of hydrogen-bond acceptors (Lipinski definition) is 5. The third-order valence-electron chi connectivity index (χ3n) is 2.86. The van der Waals surface area contributed by atoms with E-state index >= 15 is 0 Å². The Labute approximate surface area is 195 Å². The number of nitrogens with one attached hydrogen (secondary N) is 1. The zero-order valence-corrected chi connectivity index (χ0v) is 20.7. The molecule has 0 aliphatic heterocycles. The fourth-order valence-corrected chi connectivity index (χ4v) is 2.56. The van der Waals surface area contributed by atoms with Gasteiger partial charge in [0.2, 0.25) is 19.1 Å². The van der Waals surface area contributed by atoms with Gasteiger partial charge in [-0.05, 0) is 43.3 Å². The molecule has 0 bridgehead atoms. The number of rotatable bonds is 4. The highest BCUT2D eigenvalue weighted by atomic mass is 35.7. The topological polar surface area (TPSA) is 106 Å². The summed E-state index contributed by atoms with van der Waals surface area (Å²) in [4.78, 5) is 0. The smallest absolute Gasteiger partial charge is 0.232 e. The van der Waals surface area contributed by atoms with Crippen LogP contribution in [0.15, 0.2) is 36.4 Å². The van der Waals surface area contributed by atoms with Crippen LogP contribution >= 0.6 is 57.1 Å². The minimum atomic E-state index is -3.25. The maximum Gasteiger partial charge on any atom is 0.232 e. The van der Waals surface area contributed by atoms with E-state index in [2.05, 4.69) is 15.4 Å². The van der Waals surface area contributed by atoms with Crippen LogP contribution in [-0.2, 0) is 19.1 Å². The molecule has 0 saturated carbocycles. The normalized spacial score (nSPS) is 10.9. The second-order valence-electron chi connectivity index (χ2n) is 5.14. The maximum atomic E-state index is 11.2. The van der Waals surface area contributed by atoms with Crippen LogP contribution in [0, 0.1) is 0 Å². The highest BCUT2D eigenvalue weighted by Crippen LogP contribution is 2.25. The van der Waals surface area contributed by atoms with Gasteiger partial charge in [0.25, 0.3) is 0 Å². The first-order valence-electron chi connectivity index (χ1n) is 7.79. The van der Waals surface area contributed by atoms with Crippen LogP contribution in [0.3, 0.4) is 0 Å². The summed E-state index contributed by atoms with van der Waals surface area (Å²) in [6.45, 7) is 3.04. The first kappa shape index (κ1) is 28.4. The van der Waals surface area contributed by atoms with Gasteiger partial charge in [-0.2, -0.15) is 0 Å². The SMILES string of the molecule is CCS(=O)(=O)Cl.CCS(=O)(=O)Nc1ccc(Cl)c(Cl)c1.Nc1ccc(Cl)c(Cl)c1. The zero-order chi connectivity index (χ0) is 22.8. The molecule has 0 saturated heterocycles. The van der Waals surface area contributed by atoms with E-state index in [4.69, 9.17) is 52.1 Å². The van der Waals surface area contributed by atoms with Gasteiger partial charge in [-0.1, -0.05) is 53.3 Å². The van der Waals surface area contributed by atoms with Crippen LogP contribution in [0.1, 0.15) is 13.8 Å². The summed E-state index contributed by atoms with van der Waals surface area (Å²) < 4.78 is 44.3. The molecule has 0 fully saturated rings. The van der Waals surface area contributed by atoms with Gasteiger partial charge in [-0.25, -0.2) is 16.8 Å². The van der Waals surface area contributed by atoms with Crippen LogP contribution < -0.4 is 10.5 Å². The van der Waals surface area contributed by atoms with Gasteiger partial charge < -0.3 is 5.73 Å². The van der Waals surface area contributed by atoms with E-state index in [9.17, 15) is 16.8 Å². The van der Waals surface area contributed by atoms with Crippen LogP contribution in [0.5, 0.6) is 0 Å². The fourth-order valence-electron chi connectivity index (χ4n) is 1.32. The van der Waals surface area contributed by atoms with Crippen molar-refractivity contribution in [2.45, 2.75) is 13.8 Å². The number of sulfonamides is 1. The number of benzene rings is 2. The lowest BCUT2D eigenvalue weighted by molar-refractivity contribution is 0.602. The Hall–Kier alpha value is -0.610. The largest absolute Gasteiger partial charge is 0.399 e. The Morgan fingerprint density at radius 2 is 1.24 bits per heavy atom. The Morgan fingerprint density at radius 3 is 1.59 bits per heavy atom. The van der Waals surface area contributed by atoms with Crippen LogP contribution in [-0.4, -0.2) is 28.3 Å². The van der Waals surface area contributed by atoms with Gasteiger partial charge in [0, 0.05) is 16.4 Å². The van der Waals surface area contributed by atoms with Crippen molar-refractivity contribution in [1.29, 1.82) is 0 Å². The molecule has 3 N–H and O–H groups in total. The molecule has 0 radical (unpaired) electrons. The number of halogens is 5. The molecule has 164 valence electrons. The Morgan fingerprint density at radius 1 is 0.793 bits per heavy atom. The van der Waals surface area contributed by atoms with E-state index in [1.54, 1.807) is 31.2 Å². The van der Waals surface area contributed by atoms with Gasteiger partial charge in [0.05, 0.1) is 37.3 Å². The summed E-state index contributed by atoms with van der Waals surface area (Å²) in [6, 6.07) is 9.55. The van der Waals surface area contributed by atoms with Crippen molar-refractivity contribution in [3.05, 3.63) is 56.5 Å². The van der Waals surface area contributed by atoms with Crippen molar-refractivity contribution in [3.8, 4) is 0 Å². The Kier molecular flexibility index (Phi) is 12.7. The second-order valence-corrected chi connectivity index (χ2v) is 11.8.